The van der Waals surface area contributed by atoms with Gasteiger partial charge in [-0.2, -0.15) is 4.98 Å². The van der Waals surface area contributed by atoms with E-state index in [1.54, 1.807) is 25.3 Å². The second kappa shape index (κ2) is 12.8. The third kappa shape index (κ3) is 7.57. The van der Waals surface area contributed by atoms with Crippen LogP contribution in [0.25, 0.3) is 0 Å². The van der Waals surface area contributed by atoms with Gasteiger partial charge in [0.25, 0.3) is 0 Å². The van der Waals surface area contributed by atoms with Crippen LogP contribution >= 0.6 is 18.7 Å². The highest BCUT2D eigenvalue weighted by Gasteiger charge is 2.38. The highest BCUT2D eigenvalue weighted by molar-refractivity contribution is 7.70. The highest BCUT2D eigenvalue weighted by Crippen LogP contribution is 2.39. The third-order valence-electron chi connectivity index (χ3n) is 7.62. The van der Waals surface area contributed by atoms with Crippen molar-refractivity contribution in [3.8, 4) is 5.75 Å². The van der Waals surface area contributed by atoms with Gasteiger partial charge >= 0.3 is 6.09 Å². The molecule has 0 atom stereocenters. The lowest BCUT2D eigenvalue weighted by Gasteiger charge is -2.48. The number of carbonyl (C=O) groups is 1. The Hall–Kier alpha value is -3.53. The molecule has 13 heteroatoms. The fourth-order valence-corrected chi connectivity index (χ4v) is 6.59. The van der Waals surface area contributed by atoms with E-state index in [0.717, 1.165) is 37.2 Å². The highest BCUT2D eigenvalue weighted by atomic mass is 35.5. The number of carbonyl (C=O) groups excluding carboxylic acids is 1. The number of ether oxygens (including phenoxy) is 2. The summed E-state index contributed by atoms with van der Waals surface area (Å²) in [4.78, 5) is 27.8. The Kier molecular flexibility index (Phi) is 9.30. The minimum atomic E-state index is -2.53. The molecule has 2 aliphatic rings. The number of benzene rings is 2. The van der Waals surface area contributed by atoms with Crippen LogP contribution in [-0.2, 0) is 9.30 Å². The van der Waals surface area contributed by atoms with E-state index in [-0.39, 0.29) is 6.09 Å². The fraction of sp³-hybridized carbons (Fsp3) is 0.452. The number of hydrogen-bond donors (Lipinski definition) is 2. The van der Waals surface area contributed by atoms with Gasteiger partial charge in [0.05, 0.1) is 24.7 Å². The Bertz CT molecular complexity index is 1550. The maximum atomic E-state index is 12.8. The molecule has 0 radical (unpaired) electrons. The molecule has 2 aromatic carbocycles. The summed E-state index contributed by atoms with van der Waals surface area (Å²) in [5, 5.41) is 7.54. The van der Waals surface area contributed by atoms with Gasteiger partial charge < -0.3 is 34.5 Å². The molecule has 0 spiro atoms. The Balaban J connectivity index is 1.20. The molecule has 2 fully saturated rings. The molecule has 2 aliphatic heterocycles. The standard InChI is InChI=1S/C31H41ClN7O4P/c1-31(2,3)43-30(40)39-19-22(20-39)38-15-13-37(14-16-38)21-11-12-24(26(17-21)42-4)35-29-33-18-23(32)28(36-29)34-25-9-7-8-10-27(25)44(5,6)41/h7-12,17-18,22H,13-16,19-20H2,1-6H3,(H2,33,34,35,36). The SMILES string of the molecule is COc1cc(N2CCN(C3CN(C(=O)OC(C)(C)C)C3)CC2)ccc1Nc1ncc(Cl)c(Nc2ccccc2P(C)(C)=O)n1. The van der Waals surface area contributed by atoms with Gasteiger partial charge in [-0.1, -0.05) is 23.7 Å². The second-order valence-electron chi connectivity index (χ2n) is 12.5. The lowest BCUT2D eigenvalue weighted by molar-refractivity contribution is -0.0162. The molecule has 0 bridgehead atoms. The summed E-state index contributed by atoms with van der Waals surface area (Å²) in [6, 6.07) is 13.8. The minimum absolute atomic E-state index is 0.237. The first-order valence-corrected chi connectivity index (χ1v) is 17.6. The van der Waals surface area contributed by atoms with Crippen molar-refractivity contribution in [2.24, 2.45) is 0 Å². The number of rotatable bonds is 8. The summed E-state index contributed by atoms with van der Waals surface area (Å²) in [5.74, 6) is 1.40. The number of aromatic nitrogens is 2. The number of halogens is 1. The zero-order chi connectivity index (χ0) is 31.6. The number of anilines is 5. The van der Waals surface area contributed by atoms with Crippen molar-refractivity contribution in [1.29, 1.82) is 0 Å². The van der Waals surface area contributed by atoms with Gasteiger partial charge in [-0.3, -0.25) is 4.90 Å². The van der Waals surface area contributed by atoms with Crippen molar-refractivity contribution >= 4 is 59.0 Å². The van der Waals surface area contributed by atoms with Crippen LogP contribution in [-0.4, -0.2) is 97.2 Å². The third-order valence-corrected chi connectivity index (χ3v) is 9.45. The summed E-state index contributed by atoms with van der Waals surface area (Å²) in [7, 11) is -0.894. The van der Waals surface area contributed by atoms with Crippen molar-refractivity contribution in [2.75, 3.05) is 75.2 Å². The Morgan fingerprint density at radius 2 is 1.73 bits per heavy atom. The van der Waals surface area contributed by atoms with Crippen molar-refractivity contribution in [1.82, 2.24) is 19.8 Å². The smallest absolute Gasteiger partial charge is 0.410 e. The number of nitrogens with zero attached hydrogens (tertiary/aromatic N) is 5. The first-order valence-electron chi connectivity index (χ1n) is 14.7. The molecular weight excluding hydrogens is 601 g/mol. The van der Waals surface area contributed by atoms with Crippen LogP contribution in [0.15, 0.2) is 48.7 Å². The van der Waals surface area contributed by atoms with E-state index >= 15 is 0 Å². The van der Waals surface area contributed by atoms with Gasteiger partial charge in [-0.05, 0) is 58.4 Å². The van der Waals surface area contributed by atoms with Crippen LogP contribution in [0.3, 0.4) is 0 Å². The van der Waals surface area contributed by atoms with Gasteiger partial charge in [0, 0.05) is 62.4 Å². The number of amides is 1. The van der Waals surface area contributed by atoms with Crippen LogP contribution in [0.2, 0.25) is 5.02 Å². The first kappa shape index (κ1) is 31.9. The van der Waals surface area contributed by atoms with Crippen molar-refractivity contribution in [2.45, 2.75) is 32.4 Å². The molecular formula is C31H41ClN7O4P. The molecule has 236 valence electrons. The molecule has 2 saturated heterocycles. The first-order chi connectivity index (χ1) is 20.8. The molecule has 3 aromatic rings. The van der Waals surface area contributed by atoms with Crippen molar-refractivity contribution in [3.05, 3.63) is 53.7 Å². The van der Waals surface area contributed by atoms with E-state index in [1.165, 1.54) is 6.20 Å². The predicted molar refractivity (Wildman–Crippen MR) is 178 cm³/mol. The van der Waals surface area contributed by atoms with Crippen LogP contribution < -0.4 is 25.6 Å². The summed E-state index contributed by atoms with van der Waals surface area (Å²) in [6.07, 6.45) is 1.29. The topological polar surface area (TPSA) is 112 Å². The van der Waals surface area contributed by atoms with Gasteiger partial charge in [0.2, 0.25) is 5.95 Å². The molecule has 0 saturated carbocycles. The molecule has 11 nitrogen and oxygen atoms in total. The number of para-hydroxylation sites is 1. The predicted octanol–water partition coefficient (Wildman–Crippen LogP) is 5.62. The van der Waals surface area contributed by atoms with E-state index < -0.39 is 12.7 Å². The number of methoxy groups -OCH3 is 1. The van der Waals surface area contributed by atoms with Gasteiger partial charge in [0.15, 0.2) is 5.82 Å². The molecule has 44 heavy (non-hydrogen) atoms. The monoisotopic (exact) mass is 641 g/mol. The van der Waals surface area contributed by atoms with Gasteiger partial charge in [0.1, 0.15) is 23.5 Å². The lowest BCUT2D eigenvalue weighted by atomic mass is 10.1. The van der Waals surface area contributed by atoms with E-state index in [1.807, 2.05) is 57.2 Å². The van der Waals surface area contributed by atoms with Crippen LogP contribution in [0, 0.1) is 0 Å². The van der Waals surface area contributed by atoms with Gasteiger partial charge in [-0.15, -0.1) is 0 Å². The average molecular weight is 642 g/mol. The van der Waals surface area contributed by atoms with Gasteiger partial charge in [-0.25, -0.2) is 9.78 Å². The Labute approximate surface area is 264 Å². The van der Waals surface area contributed by atoms with Crippen LogP contribution in [0.4, 0.5) is 33.6 Å². The maximum absolute atomic E-state index is 12.8. The molecule has 3 heterocycles. The normalized spacial score (nSPS) is 16.3. The number of hydrogen-bond acceptors (Lipinski definition) is 10. The van der Waals surface area contributed by atoms with Crippen molar-refractivity contribution in [3.63, 3.8) is 0 Å². The second-order valence-corrected chi connectivity index (χ2v) is 16.0. The number of piperazine rings is 1. The molecule has 0 unspecified atom stereocenters. The molecule has 2 N–H and O–H groups in total. The molecule has 0 aliphatic carbocycles. The summed E-state index contributed by atoms with van der Waals surface area (Å²) < 4.78 is 24.0. The average Bonchev–Trinajstić information content (AvgIpc) is 2.93. The summed E-state index contributed by atoms with van der Waals surface area (Å²) in [6.45, 7) is 14.1. The molecule has 5 rings (SSSR count). The Morgan fingerprint density at radius 3 is 2.39 bits per heavy atom. The van der Waals surface area contributed by atoms with E-state index in [0.29, 0.717) is 53.0 Å². The largest absolute Gasteiger partial charge is 0.494 e. The summed E-state index contributed by atoms with van der Waals surface area (Å²) >= 11 is 6.43. The van der Waals surface area contributed by atoms with Crippen molar-refractivity contribution < 1.29 is 18.8 Å². The molecule has 1 aromatic heterocycles. The van der Waals surface area contributed by atoms with E-state index in [4.69, 9.17) is 21.1 Å². The summed E-state index contributed by atoms with van der Waals surface area (Å²) in [5.41, 5.74) is 1.99. The Morgan fingerprint density at radius 1 is 1.02 bits per heavy atom. The molecule has 1 amide bonds. The van der Waals surface area contributed by atoms with Crippen LogP contribution in [0.1, 0.15) is 20.8 Å². The zero-order valence-electron chi connectivity index (χ0n) is 26.1. The van der Waals surface area contributed by atoms with Crippen LogP contribution in [0.5, 0.6) is 5.75 Å². The lowest BCUT2D eigenvalue weighted by Crippen LogP contribution is -2.64. The number of nitrogens with one attached hydrogen (secondary N) is 2. The fourth-order valence-electron chi connectivity index (χ4n) is 5.30. The number of likely N-dealkylation sites (tertiary alicyclic amines) is 1. The maximum Gasteiger partial charge on any atom is 0.410 e. The minimum Gasteiger partial charge on any atom is -0.494 e. The van der Waals surface area contributed by atoms with E-state index in [9.17, 15) is 9.36 Å². The quantitative estimate of drug-likeness (QED) is 0.301. The zero-order valence-corrected chi connectivity index (χ0v) is 27.8. The van der Waals surface area contributed by atoms with E-state index in [2.05, 4.69) is 36.5 Å².